The Morgan fingerprint density at radius 3 is 2.31 bits per heavy atom. The van der Waals surface area contributed by atoms with Gasteiger partial charge in [0.25, 0.3) is 0 Å². The van der Waals surface area contributed by atoms with Gasteiger partial charge in [-0.2, -0.15) is 0 Å². The Labute approximate surface area is 238 Å². The number of thiophene rings is 2. The summed E-state index contributed by atoms with van der Waals surface area (Å²) in [5, 5.41) is 12.9. The molecule has 210 valence electrons. The monoisotopic (exact) mass is 571 g/mol. The molecule has 3 aromatic rings. The van der Waals surface area contributed by atoms with E-state index < -0.39 is 23.8 Å². The molecule has 0 aliphatic carbocycles. The number of amides is 2. The Bertz CT molecular complexity index is 1150. The second kappa shape index (κ2) is 15.4. The van der Waals surface area contributed by atoms with Crippen LogP contribution in [0, 0.1) is 0 Å². The van der Waals surface area contributed by atoms with Crippen LogP contribution in [-0.4, -0.2) is 42.8 Å². The number of benzene rings is 1. The van der Waals surface area contributed by atoms with E-state index in [0.717, 1.165) is 10.4 Å². The van der Waals surface area contributed by atoms with Gasteiger partial charge in [-0.25, -0.2) is 9.59 Å². The number of hydrogen-bond acceptors (Lipinski definition) is 8. The topological polar surface area (TPSA) is 106 Å². The van der Waals surface area contributed by atoms with Crippen LogP contribution in [0.1, 0.15) is 66.2 Å². The van der Waals surface area contributed by atoms with Gasteiger partial charge in [0.05, 0.1) is 11.5 Å². The zero-order chi connectivity index (χ0) is 28.1. The van der Waals surface area contributed by atoms with Crippen molar-refractivity contribution in [2.24, 2.45) is 0 Å². The fourth-order valence-electron chi connectivity index (χ4n) is 3.78. The van der Waals surface area contributed by atoms with Gasteiger partial charge in [0.15, 0.2) is 5.78 Å². The van der Waals surface area contributed by atoms with Crippen LogP contribution in [0.4, 0.5) is 9.59 Å². The van der Waals surface area contributed by atoms with Crippen molar-refractivity contribution in [1.82, 2.24) is 16.0 Å². The maximum absolute atomic E-state index is 13.2. The van der Waals surface area contributed by atoms with Gasteiger partial charge in [-0.1, -0.05) is 42.5 Å². The van der Waals surface area contributed by atoms with Crippen molar-refractivity contribution < 1.29 is 23.9 Å². The Hall–Kier alpha value is -3.21. The second-order valence-corrected chi connectivity index (χ2v) is 11.9. The van der Waals surface area contributed by atoms with E-state index >= 15 is 0 Å². The van der Waals surface area contributed by atoms with Crippen LogP contribution in [0.25, 0.3) is 0 Å². The number of rotatable bonds is 14. The zero-order valence-electron chi connectivity index (χ0n) is 22.6. The molecule has 0 aliphatic heterocycles. The first-order valence-corrected chi connectivity index (χ1v) is 14.8. The lowest BCUT2D eigenvalue weighted by Gasteiger charge is -2.25. The highest BCUT2D eigenvalue weighted by Gasteiger charge is 2.26. The molecule has 0 fully saturated rings. The van der Waals surface area contributed by atoms with E-state index in [9.17, 15) is 14.4 Å². The Morgan fingerprint density at radius 1 is 0.897 bits per heavy atom. The third-order valence-electron chi connectivity index (χ3n) is 5.60. The van der Waals surface area contributed by atoms with E-state index in [1.807, 2.05) is 86.1 Å². The van der Waals surface area contributed by atoms with Gasteiger partial charge < -0.3 is 25.4 Å². The highest BCUT2D eigenvalue weighted by molar-refractivity contribution is 7.12. The number of nitrogens with one attached hydrogen (secondary N) is 3. The van der Waals surface area contributed by atoms with E-state index in [0.29, 0.717) is 37.2 Å². The van der Waals surface area contributed by atoms with Gasteiger partial charge in [-0.05, 0) is 68.5 Å². The normalized spacial score (nSPS) is 12.8. The molecular weight excluding hydrogens is 534 g/mol. The van der Waals surface area contributed by atoms with E-state index in [1.165, 1.54) is 22.7 Å². The summed E-state index contributed by atoms with van der Waals surface area (Å²) in [6, 6.07) is 16.4. The van der Waals surface area contributed by atoms with Crippen molar-refractivity contribution in [2.75, 3.05) is 13.2 Å². The molecule has 0 aliphatic rings. The molecule has 0 radical (unpaired) electrons. The minimum Gasteiger partial charge on any atom is -0.450 e. The molecule has 10 heteroatoms. The predicted octanol–water partition coefficient (Wildman–Crippen LogP) is 6.31. The molecule has 3 N–H and O–H groups in total. The number of ketones is 1. The fourth-order valence-corrected chi connectivity index (χ4v) is 5.27. The molecular formula is C29H37N3O5S2. The summed E-state index contributed by atoms with van der Waals surface area (Å²) < 4.78 is 10.7. The van der Waals surface area contributed by atoms with Crippen molar-refractivity contribution in [3.05, 3.63) is 80.7 Å². The number of carbonyl (C=O) groups excluding carboxylic acids is 3. The second-order valence-electron chi connectivity index (χ2n) is 10.0. The van der Waals surface area contributed by atoms with Gasteiger partial charge in [-0.15, -0.1) is 22.7 Å². The number of hydrogen-bond donors (Lipinski definition) is 3. The standard InChI is InChI=1S/C29H37N3O5S2/c1-29(2,3)37-28(35)32-22(13-7-8-16-36-27(34)31-19-21-11-5-4-6-12-21)20-30-25(23-14-9-17-38-23)26(33)24-15-10-18-39-24/h4-6,9-12,14-15,17-18,22,25,30H,7-8,13,16,19-20H2,1-3H3,(H,31,34)(H,32,35)/t22-,25+/m0/s1. The molecule has 1 aromatic carbocycles. The van der Waals surface area contributed by atoms with Gasteiger partial charge in [0.2, 0.25) is 0 Å². The third kappa shape index (κ3) is 11.2. The van der Waals surface area contributed by atoms with E-state index in [2.05, 4.69) is 16.0 Å². The van der Waals surface area contributed by atoms with Crippen LogP contribution < -0.4 is 16.0 Å². The molecule has 2 atom stereocenters. The molecule has 2 amide bonds. The average Bonchev–Trinajstić information content (AvgIpc) is 3.61. The van der Waals surface area contributed by atoms with Crippen LogP contribution in [0.3, 0.4) is 0 Å². The van der Waals surface area contributed by atoms with Crippen molar-refractivity contribution in [3.8, 4) is 0 Å². The van der Waals surface area contributed by atoms with E-state index in [-0.39, 0.29) is 18.4 Å². The van der Waals surface area contributed by atoms with Crippen LogP contribution in [0.2, 0.25) is 0 Å². The van der Waals surface area contributed by atoms with Gasteiger partial charge in [0.1, 0.15) is 11.6 Å². The van der Waals surface area contributed by atoms with Crippen LogP contribution in [-0.2, 0) is 16.0 Å². The molecule has 39 heavy (non-hydrogen) atoms. The van der Waals surface area contributed by atoms with Crippen molar-refractivity contribution in [3.63, 3.8) is 0 Å². The minimum atomic E-state index is -0.627. The first kappa shape index (κ1) is 30.3. The largest absolute Gasteiger partial charge is 0.450 e. The molecule has 2 heterocycles. The number of carbonyl (C=O) groups is 3. The number of unbranched alkanes of at least 4 members (excludes halogenated alkanes) is 1. The molecule has 3 rings (SSSR count). The average molecular weight is 572 g/mol. The molecule has 0 unspecified atom stereocenters. The van der Waals surface area contributed by atoms with Gasteiger partial charge >= 0.3 is 12.2 Å². The summed E-state index contributed by atoms with van der Waals surface area (Å²) in [5.41, 5.74) is 0.369. The zero-order valence-corrected chi connectivity index (χ0v) is 24.2. The number of Topliss-reactive ketones (excluding diaryl/α,β-unsaturated/α-hetero) is 1. The van der Waals surface area contributed by atoms with Crippen LogP contribution >= 0.6 is 22.7 Å². The van der Waals surface area contributed by atoms with Gasteiger partial charge in [0, 0.05) is 24.0 Å². The van der Waals surface area contributed by atoms with Crippen LogP contribution in [0.15, 0.2) is 65.4 Å². The van der Waals surface area contributed by atoms with E-state index in [4.69, 9.17) is 9.47 Å². The van der Waals surface area contributed by atoms with Crippen molar-refractivity contribution >= 4 is 40.6 Å². The molecule has 2 aromatic heterocycles. The summed E-state index contributed by atoms with van der Waals surface area (Å²) in [6.45, 7) is 6.48. The molecule has 8 nitrogen and oxygen atoms in total. The summed E-state index contributed by atoms with van der Waals surface area (Å²) >= 11 is 2.92. The molecule has 0 spiro atoms. The maximum atomic E-state index is 13.2. The smallest absolute Gasteiger partial charge is 0.407 e. The molecule has 0 saturated carbocycles. The quantitative estimate of drug-likeness (QED) is 0.155. The minimum absolute atomic E-state index is 0.00150. The SMILES string of the molecule is CC(C)(C)OC(=O)N[C@@H](CCCCOC(=O)NCc1ccccc1)CN[C@@H](C(=O)c1cccs1)c1cccs1. The van der Waals surface area contributed by atoms with E-state index in [1.54, 1.807) is 0 Å². The molecule has 0 bridgehead atoms. The van der Waals surface area contributed by atoms with Crippen LogP contribution in [0.5, 0.6) is 0 Å². The summed E-state index contributed by atoms with van der Waals surface area (Å²) in [7, 11) is 0. The lowest BCUT2D eigenvalue weighted by molar-refractivity contribution is 0.0500. The summed E-state index contributed by atoms with van der Waals surface area (Å²) in [4.78, 5) is 39.3. The number of ether oxygens (including phenoxy) is 2. The third-order valence-corrected chi connectivity index (χ3v) is 7.42. The lowest BCUT2D eigenvalue weighted by Crippen LogP contribution is -2.45. The van der Waals surface area contributed by atoms with Crippen molar-refractivity contribution in [1.29, 1.82) is 0 Å². The molecule has 0 saturated heterocycles. The highest BCUT2D eigenvalue weighted by atomic mass is 32.1. The number of alkyl carbamates (subject to hydrolysis) is 2. The lowest BCUT2D eigenvalue weighted by atomic mass is 10.1. The predicted molar refractivity (Wildman–Crippen MR) is 155 cm³/mol. The summed E-state index contributed by atoms with van der Waals surface area (Å²) in [5.74, 6) is -0.00150. The first-order chi connectivity index (χ1) is 18.7. The first-order valence-electron chi connectivity index (χ1n) is 13.0. The Morgan fingerprint density at radius 2 is 1.64 bits per heavy atom. The van der Waals surface area contributed by atoms with Crippen molar-refractivity contribution in [2.45, 2.75) is 64.3 Å². The Kier molecular flexibility index (Phi) is 12.0. The van der Waals surface area contributed by atoms with Gasteiger partial charge in [-0.3, -0.25) is 4.79 Å². The maximum Gasteiger partial charge on any atom is 0.407 e. The fraction of sp³-hybridized carbons (Fsp3) is 0.414. The Balaban J connectivity index is 1.51. The highest BCUT2D eigenvalue weighted by Crippen LogP contribution is 2.25. The summed E-state index contributed by atoms with van der Waals surface area (Å²) in [6.07, 6.45) is 0.980.